The van der Waals surface area contributed by atoms with Crippen molar-refractivity contribution < 1.29 is 22.7 Å². The van der Waals surface area contributed by atoms with E-state index in [0.717, 1.165) is 25.7 Å². The second kappa shape index (κ2) is 9.83. The van der Waals surface area contributed by atoms with Crippen molar-refractivity contribution in [1.29, 1.82) is 0 Å². The second-order valence-corrected chi connectivity index (χ2v) is 7.04. The first-order valence-electron chi connectivity index (χ1n) is 9.37. The smallest absolute Gasteiger partial charge is 0.314 e. The summed E-state index contributed by atoms with van der Waals surface area (Å²) in [7, 11) is 0. The molecule has 1 fully saturated rings. The Balaban J connectivity index is 1.74. The van der Waals surface area contributed by atoms with Gasteiger partial charge in [-0.1, -0.05) is 45.4 Å². The molecule has 0 radical (unpaired) electrons. The number of rotatable bonds is 8. The number of hydrogen-bond acceptors (Lipinski definition) is 2. The standard InChI is InChI=1S/C20H27F3O2/c1-2-3-4-5-6-7-14-8-10-15(11-9-14)20(24)25-16-12-17(21)19(23)18(22)13-16/h12-15H,2-11H2,1H3/t14-,15-. The summed E-state index contributed by atoms with van der Waals surface area (Å²) in [4.78, 5) is 12.2. The van der Waals surface area contributed by atoms with Crippen molar-refractivity contribution in [2.24, 2.45) is 11.8 Å². The maximum absolute atomic E-state index is 13.2. The van der Waals surface area contributed by atoms with E-state index in [0.29, 0.717) is 18.1 Å². The number of carbonyl (C=O) groups excluding carboxylic acids is 1. The maximum atomic E-state index is 13.2. The van der Waals surface area contributed by atoms with Gasteiger partial charge in [-0.2, -0.15) is 0 Å². The minimum Gasteiger partial charge on any atom is -0.426 e. The summed E-state index contributed by atoms with van der Waals surface area (Å²) < 4.78 is 44.3. The molecule has 0 bridgehead atoms. The number of esters is 1. The summed E-state index contributed by atoms with van der Waals surface area (Å²) in [5.41, 5.74) is 0. The van der Waals surface area contributed by atoms with Crippen LogP contribution in [0.15, 0.2) is 12.1 Å². The fourth-order valence-electron chi connectivity index (χ4n) is 3.51. The quantitative estimate of drug-likeness (QED) is 0.241. The van der Waals surface area contributed by atoms with Gasteiger partial charge in [-0.3, -0.25) is 4.79 Å². The van der Waals surface area contributed by atoms with E-state index in [1.165, 1.54) is 38.5 Å². The van der Waals surface area contributed by atoms with E-state index < -0.39 is 23.4 Å². The summed E-state index contributed by atoms with van der Waals surface area (Å²) in [5, 5.41) is 0. The predicted molar refractivity (Wildman–Crippen MR) is 90.8 cm³/mol. The molecule has 1 aromatic carbocycles. The Morgan fingerprint density at radius 2 is 1.60 bits per heavy atom. The molecule has 0 amide bonds. The van der Waals surface area contributed by atoms with Crippen LogP contribution in [0.25, 0.3) is 0 Å². The lowest BCUT2D eigenvalue weighted by Gasteiger charge is -2.27. The molecule has 0 atom stereocenters. The molecule has 1 aliphatic rings. The first-order valence-corrected chi connectivity index (χ1v) is 9.37. The highest BCUT2D eigenvalue weighted by Crippen LogP contribution is 2.33. The molecule has 25 heavy (non-hydrogen) atoms. The highest BCUT2D eigenvalue weighted by molar-refractivity contribution is 5.75. The van der Waals surface area contributed by atoms with Gasteiger partial charge in [-0.25, -0.2) is 13.2 Å². The highest BCUT2D eigenvalue weighted by atomic mass is 19.2. The molecule has 0 aromatic heterocycles. The Morgan fingerprint density at radius 3 is 2.20 bits per heavy atom. The number of benzene rings is 1. The third kappa shape index (κ3) is 6.05. The number of halogens is 3. The first kappa shape index (κ1) is 19.8. The van der Waals surface area contributed by atoms with Crippen LogP contribution in [0.2, 0.25) is 0 Å². The van der Waals surface area contributed by atoms with Gasteiger partial charge in [-0.05, 0) is 31.6 Å². The molecule has 140 valence electrons. The van der Waals surface area contributed by atoms with Crippen molar-refractivity contribution in [3.05, 3.63) is 29.6 Å². The molecule has 5 heteroatoms. The SMILES string of the molecule is CCCCCCC[C@H]1CC[C@H](C(=O)Oc2cc(F)c(F)c(F)c2)CC1. The number of hydrogen-bond donors (Lipinski definition) is 0. The number of carbonyl (C=O) groups is 1. The summed E-state index contributed by atoms with van der Waals surface area (Å²) >= 11 is 0. The van der Waals surface area contributed by atoms with E-state index in [-0.39, 0.29) is 11.7 Å². The zero-order valence-electron chi connectivity index (χ0n) is 14.8. The summed E-state index contributed by atoms with van der Waals surface area (Å²) in [6.07, 6.45) is 11.0. The van der Waals surface area contributed by atoms with Gasteiger partial charge in [0, 0.05) is 12.1 Å². The molecule has 1 saturated carbocycles. The van der Waals surface area contributed by atoms with E-state index in [2.05, 4.69) is 6.92 Å². The molecule has 0 spiro atoms. The van der Waals surface area contributed by atoms with Crippen molar-refractivity contribution in [2.45, 2.75) is 71.1 Å². The maximum Gasteiger partial charge on any atom is 0.314 e. The van der Waals surface area contributed by atoms with Gasteiger partial charge in [-0.15, -0.1) is 0 Å². The topological polar surface area (TPSA) is 26.3 Å². The van der Waals surface area contributed by atoms with Crippen molar-refractivity contribution in [2.75, 3.05) is 0 Å². The first-order chi connectivity index (χ1) is 12.0. The monoisotopic (exact) mass is 356 g/mol. The van der Waals surface area contributed by atoms with Crippen LogP contribution in [0.4, 0.5) is 13.2 Å². The molecular formula is C20H27F3O2. The van der Waals surface area contributed by atoms with Crippen LogP contribution in [-0.4, -0.2) is 5.97 Å². The molecule has 0 N–H and O–H groups in total. The lowest BCUT2D eigenvalue weighted by molar-refractivity contribution is -0.140. The lowest BCUT2D eigenvalue weighted by Crippen LogP contribution is -2.25. The molecule has 2 nitrogen and oxygen atoms in total. The average molecular weight is 356 g/mol. The van der Waals surface area contributed by atoms with Gasteiger partial charge in [0.1, 0.15) is 5.75 Å². The van der Waals surface area contributed by atoms with Gasteiger partial charge >= 0.3 is 5.97 Å². The van der Waals surface area contributed by atoms with Gasteiger partial charge in [0.15, 0.2) is 17.5 Å². The largest absolute Gasteiger partial charge is 0.426 e. The van der Waals surface area contributed by atoms with Gasteiger partial charge in [0.05, 0.1) is 5.92 Å². The molecule has 0 saturated heterocycles. The summed E-state index contributed by atoms with van der Waals surface area (Å²) in [5.74, 6) is -4.60. The molecule has 2 rings (SSSR count). The summed E-state index contributed by atoms with van der Waals surface area (Å²) in [6, 6.07) is 1.41. The van der Waals surface area contributed by atoms with Gasteiger partial charge in [0.2, 0.25) is 0 Å². The molecule has 0 unspecified atom stereocenters. The van der Waals surface area contributed by atoms with Crippen LogP contribution in [0.3, 0.4) is 0 Å². The summed E-state index contributed by atoms with van der Waals surface area (Å²) in [6.45, 7) is 2.20. The van der Waals surface area contributed by atoms with E-state index in [1.54, 1.807) is 0 Å². The second-order valence-electron chi connectivity index (χ2n) is 7.04. The number of ether oxygens (including phenoxy) is 1. The molecule has 1 aliphatic carbocycles. The van der Waals surface area contributed by atoms with Crippen molar-refractivity contribution >= 4 is 5.97 Å². The fourth-order valence-corrected chi connectivity index (χ4v) is 3.51. The minimum atomic E-state index is -1.56. The molecule has 0 heterocycles. The van der Waals surface area contributed by atoms with Crippen LogP contribution in [-0.2, 0) is 4.79 Å². The Labute approximate surface area is 147 Å². The average Bonchev–Trinajstić information content (AvgIpc) is 2.60. The molecule has 0 aliphatic heterocycles. The Morgan fingerprint density at radius 1 is 1.00 bits per heavy atom. The Hall–Kier alpha value is -1.52. The van der Waals surface area contributed by atoms with Crippen LogP contribution in [0.1, 0.15) is 71.1 Å². The van der Waals surface area contributed by atoms with Crippen LogP contribution in [0, 0.1) is 29.3 Å². The van der Waals surface area contributed by atoms with E-state index >= 15 is 0 Å². The lowest BCUT2D eigenvalue weighted by atomic mass is 9.80. The zero-order valence-corrected chi connectivity index (χ0v) is 14.8. The zero-order chi connectivity index (χ0) is 18.2. The van der Waals surface area contributed by atoms with E-state index in [9.17, 15) is 18.0 Å². The van der Waals surface area contributed by atoms with Crippen LogP contribution in [0.5, 0.6) is 5.75 Å². The van der Waals surface area contributed by atoms with E-state index in [4.69, 9.17) is 4.74 Å². The number of unbranched alkanes of at least 4 members (excludes halogenated alkanes) is 4. The van der Waals surface area contributed by atoms with Gasteiger partial charge < -0.3 is 4.74 Å². The molecular weight excluding hydrogens is 329 g/mol. The third-order valence-corrected chi connectivity index (χ3v) is 5.07. The van der Waals surface area contributed by atoms with Crippen LogP contribution < -0.4 is 4.74 Å². The van der Waals surface area contributed by atoms with Crippen LogP contribution >= 0.6 is 0 Å². The Bertz CT molecular complexity index is 543. The highest BCUT2D eigenvalue weighted by Gasteiger charge is 2.28. The van der Waals surface area contributed by atoms with Crippen molar-refractivity contribution in [3.8, 4) is 5.75 Å². The minimum absolute atomic E-state index is 0.243. The van der Waals surface area contributed by atoms with E-state index in [1.807, 2.05) is 0 Å². The van der Waals surface area contributed by atoms with Crippen molar-refractivity contribution in [1.82, 2.24) is 0 Å². The van der Waals surface area contributed by atoms with Gasteiger partial charge in [0.25, 0.3) is 0 Å². The predicted octanol–water partition coefficient (Wildman–Crippen LogP) is 6.18. The molecule has 1 aromatic rings. The fraction of sp³-hybridized carbons (Fsp3) is 0.650. The third-order valence-electron chi connectivity index (χ3n) is 5.07. The Kier molecular flexibility index (Phi) is 7.79. The van der Waals surface area contributed by atoms with Crippen molar-refractivity contribution in [3.63, 3.8) is 0 Å². The normalized spacial score (nSPS) is 20.5.